The van der Waals surface area contributed by atoms with E-state index in [9.17, 15) is 14.7 Å². The minimum Gasteiger partial charge on any atom is -0.494 e. The van der Waals surface area contributed by atoms with Gasteiger partial charge in [0.15, 0.2) is 5.82 Å². The lowest BCUT2D eigenvalue weighted by molar-refractivity contribution is 0.0696. The van der Waals surface area contributed by atoms with E-state index in [4.69, 9.17) is 9.72 Å². The number of fused-ring (bicyclic) bond motifs is 5. The predicted molar refractivity (Wildman–Crippen MR) is 187 cm³/mol. The van der Waals surface area contributed by atoms with Crippen LogP contribution in [0, 0.1) is 17.8 Å². The predicted octanol–water partition coefficient (Wildman–Crippen LogP) is 6.48. The number of carbonyl (C=O) groups excluding carboxylic acids is 1. The Morgan fingerprint density at radius 3 is 2.56 bits per heavy atom. The van der Waals surface area contributed by atoms with Crippen molar-refractivity contribution in [2.75, 3.05) is 13.7 Å². The minimum absolute atomic E-state index is 0.0722. The molecule has 3 aromatic carbocycles. The van der Waals surface area contributed by atoms with E-state index in [1.54, 1.807) is 7.11 Å². The van der Waals surface area contributed by atoms with Crippen LogP contribution >= 0.6 is 0 Å². The van der Waals surface area contributed by atoms with Gasteiger partial charge in [0.05, 0.1) is 24.9 Å². The molecule has 2 saturated carbocycles. The van der Waals surface area contributed by atoms with Gasteiger partial charge in [0, 0.05) is 59.6 Å². The lowest BCUT2D eigenvalue weighted by Gasteiger charge is -2.27. The number of aryl methyl sites for hydroxylation is 1. The van der Waals surface area contributed by atoms with Crippen molar-refractivity contribution in [2.24, 2.45) is 24.8 Å². The maximum absolute atomic E-state index is 13.8. The van der Waals surface area contributed by atoms with E-state index in [0.717, 1.165) is 69.5 Å². The molecule has 9 heteroatoms. The number of aliphatic hydroxyl groups excluding tert-OH is 1. The number of aliphatic hydroxyl groups is 1. The molecule has 1 saturated heterocycles. The molecule has 9 rings (SSSR count). The quantitative estimate of drug-likeness (QED) is 0.208. The number of imidazole rings is 1. The van der Waals surface area contributed by atoms with Crippen LogP contribution in [0.25, 0.3) is 55.5 Å². The standard InChI is InChI=1S/C39H39N5O4/c1-21-26-9-11-32(21)44(19-26)39(47)27-13-31-37(35(16-27)48-3)42(2)38(41-31)34-15-25-7-6-24(14-33(25)43(34)18-22-4-5-22)23-8-10-30-29(12-23)28(20-45)17-36(46)40-30/h6-8,10,12-17,21-22,26,32,45H,4-5,9,11,18-20H2,1-3H3,(H,40,46)/t21-,26?,32?/m1/s1. The Labute approximate surface area is 277 Å². The van der Waals surface area contributed by atoms with E-state index in [1.807, 2.05) is 37.4 Å². The number of aromatic amines is 1. The van der Waals surface area contributed by atoms with Gasteiger partial charge in [-0.2, -0.15) is 0 Å². The van der Waals surface area contributed by atoms with Crippen molar-refractivity contribution in [3.05, 3.63) is 82.1 Å². The van der Waals surface area contributed by atoms with Crippen LogP contribution in [0.1, 0.15) is 48.5 Å². The number of H-pyrrole nitrogens is 1. The number of benzene rings is 3. The molecule has 3 atom stereocenters. The van der Waals surface area contributed by atoms with Gasteiger partial charge in [-0.25, -0.2) is 4.98 Å². The average molecular weight is 642 g/mol. The number of aromatic nitrogens is 4. The normalized spacial score (nSPS) is 20.5. The number of nitrogens with zero attached hydrogens (tertiary/aromatic N) is 4. The first-order valence-corrected chi connectivity index (χ1v) is 17.1. The van der Waals surface area contributed by atoms with Gasteiger partial charge in [0.25, 0.3) is 5.91 Å². The number of piperidine rings is 1. The Morgan fingerprint density at radius 1 is 1.02 bits per heavy atom. The zero-order chi connectivity index (χ0) is 32.8. The number of rotatable bonds is 7. The molecule has 2 N–H and O–H groups in total. The molecule has 0 spiro atoms. The topological polar surface area (TPSA) is 105 Å². The second-order valence-electron chi connectivity index (χ2n) is 14.2. The van der Waals surface area contributed by atoms with E-state index < -0.39 is 0 Å². The van der Waals surface area contributed by atoms with Crippen molar-refractivity contribution in [3.63, 3.8) is 0 Å². The molecule has 2 aliphatic carbocycles. The van der Waals surface area contributed by atoms with Gasteiger partial charge < -0.3 is 28.9 Å². The Balaban J connectivity index is 1.15. The van der Waals surface area contributed by atoms with Crippen molar-refractivity contribution in [1.82, 2.24) is 24.0 Å². The molecule has 2 unspecified atom stereocenters. The summed E-state index contributed by atoms with van der Waals surface area (Å²) in [4.78, 5) is 36.0. The van der Waals surface area contributed by atoms with Crippen LogP contribution in [0.5, 0.6) is 5.75 Å². The van der Waals surface area contributed by atoms with Gasteiger partial charge in [0.1, 0.15) is 11.3 Å². The Bertz CT molecular complexity index is 2340. The third kappa shape index (κ3) is 4.51. The third-order valence-corrected chi connectivity index (χ3v) is 11.4. The molecule has 3 fully saturated rings. The van der Waals surface area contributed by atoms with E-state index in [-0.39, 0.29) is 18.1 Å². The number of likely N-dealkylation sites (tertiary alicyclic amines) is 1. The summed E-state index contributed by atoms with van der Waals surface area (Å²) in [5.41, 5.74) is 7.60. The molecule has 9 nitrogen and oxygen atoms in total. The lowest BCUT2D eigenvalue weighted by atomic mass is 10.00. The number of hydrogen-bond acceptors (Lipinski definition) is 5. The molecule has 4 heterocycles. The fraction of sp³-hybridized carbons (Fsp3) is 0.359. The molecule has 1 aliphatic heterocycles. The average Bonchev–Trinajstić information content (AvgIpc) is 3.50. The zero-order valence-corrected chi connectivity index (χ0v) is 27.5. The van der Waals surface area contributed by atoms with Crippen molar-refractivity contribution in [1.29, 1.82) is 0 Å². The number of carbonyl (C=O) groups is 1. The summed E-state index contributed by atoms with van der Waals surface area (Å²) in [7, 11) is 3.69. The largest absolute Gasteiger partial charge is 0.494 e. The number of nitrogens with one attached hydrogen (secondary N) is 1. The first-order valence-electron chi connectivity index (χ1n) is 17.1. The Kier molecular flexibility index (Phi) is 6.60. The van der Waals surface area contributed by atoms with Crippen LogP contribution in [0.2, 0.25) is 0 Å². The zero-order valence-electron chi connectivity index (χ0n) is 27.5. The monoisotopic (exact) mass is 641 g/mol. The first kappa shape index (κ1) is 29.3. The number of ether oxygens (including phenoxy) is 1. The second kappa shape index (κ2) is 10.8. The molecule has 48 heavy (non-hydrogen) atoms. The van der Waals surface area contributed by atoms with Crippen molar-refractivity contribution in [2.45, 2.75) is 51.8 Å². The van der Waals surface area contributed by atoms with E-state index in [1.165, 1.54) is 25.3 Å². The second-order valence-corrected chi connectivity index (χ2v) is 14.2. The van der Waals surface area contributed by atoms with Gasteiger partial charge in [-0.15, -0.1) is 0 Å². The Morgan fingerprint density at radius 2 is 1.83 bits per heavy atom. The molecule has 244 valence electrons. The van der Waals surface area contributed by atoms with Gasteiger partial charge in [-0.05, 0) is 96.5 Å². The number of hydrogen-bond donors (Lipinski definition) is 2. The third-order valence-electron chi connectivity index (χ3n) is 11.4. The summed E-state index contributed by atoms with van der Waals surface area (Å²) in [6.07, 6.45) is 4.73. The molecule has 3 aromatic heterocycles. The van der Waals surface area contributed by atoms with Crippen molar-refractivity contribution in [3.8, 4) is 28.4 Å². The molecular weight excluding hydrogens is 602 g/mol. The van der Waals surface area contributed by atoms with Crippen LogP contribution in [0.15, 0.2) is 65.5 Å². The maximum Gasteiger partial charge on any atom is 0.254 e. The van der Waals surface area contributed by atoms with Crippen LogP contribution in [0.4, 0.5) is 0 Å². The van der Waals surface area contributed by atoms with E-state index >= 15 is 0 Å². The molecule has 0 radical (unpaired) electrons. The molecule has 6 aromatic rings. The fourth-order valence-electron chi connectivity index (χ4n) is 8.54. The lowest BCUT2D eigenvalue weighted by Crippen LogP contribution is -2.38. The van der Waals surface area contributed by atoms with E-state index in [0.29, 0.717) is 46.2 Å². The molecule has 1 amide bonds. The maximum atomic E-state index is 13.8. The van der Waals surface area contributed by atoms with Crippen LogP contribution in [-0.4, -0.2) is 54.7 Å². The fourth-order valence-corrected chi connectivity index (χ4v) is 8.54. The van der Waals surface area contributed by atoms with Gasteiger partial charge in [-0.3, -0.25) is 9.59 Å². The van der Waals surface area contributed by atoms with Gasteiger partial charge in [0.2, 0.25) is 5.56 Å². The summed E-state index contributed by atoms with van der Waals surface area (Å²) in [5, 5.41) is 11.9. The van der Waals surface area contributed by atoms with Crippen LogP contribution in [-0.2, 0) is 20.2 Å². The molecular formula is C39H39N5O4. The van der Waals surface area contributed by atoms with Crippen molar-refractivity contribution < 1.29 is 14.6 Å². The highest BCUT2D eigenvalue weighted by molar-refractivity contribution is 6.01. The van der Waals surface area contributed by atoms with Crippen LogP contribution < -0.4 is 10.3 Å². The van der Waals surface area contributed by atoms with Crippen molar-refractivity contribution >= 4 is 38.7 Å². The summed E-state index contributed by atoms with van der Waals surface area (Å²) >= 11 is 0. The highest BCUT2D eigenvalue weighted by Crippen LogP contribution is 2.44. The Hall–Kier alpha value is -4.89. The highest BCUT2D eigenvalue weighted by atomic mass is 16.5. The summed E-state index contributed by atoms with van der Waals surface area (Å²) < 4.78 is 10.4. The summed E-state index contributed by atoms with van der Waals surface area (Å²) in [6, 6.07) is 20.3. The SMILES string of the molecule is COc1cc(C(=O)N2CC3CCC2[C@@H]3C)cc2nc(-c3cc4ccc(-c5ccc6[nH]c(=O)cc(CO)c6c5)cc4n3CC3CC3)n(C)c12. The van der Waals surface area contributed by atoms with Gasteiger partial charge in [-0.1, -0.05) is 25.1 Å². The summed E-state index contributed by atoms with van der Waals surface area (Å²) in [6.45, 7) is 3.82. The summed E-state index contributed by atoms with van der Waals surface area (Å²) in [5.74, 6) is 3.34. The first-order chi connectivity index (χ1) is 23.3. The van der Waals surface area contributed by atoms with Gasteiger partial charge >= 0.3 is 0 Å². The highest BCUT2D eigenvalue weighted by Gasteiger charge is 2.46. The molecule has 3 aliphatic rings. The smallest absolute Gasteiger partial charge is 0.254 e. The van der Waals surface area contributed by atoms with E-state index in [2.05, 4.69) is 50.2 Å². The number of methoxy groups -OCH3 is 1. The minimum atomic E-state index is -0.221. The number of amides is 1. The van der Waals surface area contributed by atoms with Crippen LogP contribution in [0.3, 0.4) is 0 Å². The number of pyridine rings is 1. The molecule has 2 bridgehead atoms.